The number of urea groups is 1. The van der Waals surface area contributed by atoms with E-state index in [-0.39, 0.29) is 6.03 Å². The second-order valence-electron chi connectivity index (χ2n) is 2.66. The number of aryl methyl sites for hydroxylation is 1. The van der Waals surface area contributed by atoms with E-state index < -0.39 is 0 Å². The highest BCUT2D eigenvalue weighted by atomic mass is 79.9. The molecule has 0 aromatic heterocycles. The summed E-state index contributed by atoms with van der Waals surface area (Å²) in [5.74, 6) is 0. The van der Waals surface area contributed by atoms with Crippen molar-refractivity contribution in [1.29, 1.82) is 0 Å². The topological polar surface area (TPSA) is 41.1 Å². The number of benzene rings is 1. The lowest BCUT2D eigenvalue weighted by Crippen LogP contribution is -2.24. The standard InChI is InChI=1S/C9H11BrN2O/c1-6-3-4-7(10)5-8(6)12-9(13)11-2/h3-5H,1-2H3,(H2,11,12,13). The lowest BCUT2D eigenvalue weighted by Gasteiger charge is -2.07. The summed E-state index contributed by atoms with van der Waals surface area (Å²) in [6, 6.07) is 5.53. The number of anilines is 1. The number of halogens is 1. The van der Waals surface area contributed by atoms with Crippen molar-refractivity contribution in [2.75, 3.05) is 12.4 Å². The predicted octanol–water partition coefficient (Wildman–Crippen LogP) is 2.51. The van der Waals surface area contributed by atoms with Gasteiger partial charge in [0.05, 0.1) is 0 Å². The molecule has 1 aromatic carbocycles. The molecule has 2 N–H and O–H groups in total. The Morgan fingerprint density at radius 2 is 2.15 bits per heavy atom. The number of carbonyl (C=O) groups is 1. The van der Waals surface area contributed by atoms with E-state index in [0.29, 0.717) is 0 Å². The van der Waals surface area contributed by atoms with Gasteiger partial charge in [0, 0.05) is 17.2 Å². The average molecular weight is 243 g/mol. The highest BCUT2D eigenvalue weighted by Crippen LogP contribution is 2.20. The zero-order valence-corrected chi connectivity index (χ0v) is 9.10. The van der Waals surface area contributed by atoms with Crippen molar-refractivity contribution in [1.82, 2.24) is 5.32 Å². The summed E-state index contributed by atoms with van der Waals surface area (Å²) >= 11 is 3.34. The van der Waals surface area contributed by atoms with Crippen LogP contribution in [0.25, 0.3) is 0 Å². The van der Waals surface area contributed by atoms with Gasteiger partial charge in [-0.1, -0.05) is 22.0 Å². The summed E-state index contributed by atoms with van der Waals surface area (Å²) in [7, 11) is 1.59. The van der Waals surface area contributed by atoms with Crippen molar-refractivity contribution >= 4 is 27.6 Å². The van der Waals surface area contributed by atoms with Crippen LogP contribution < -0.4 is 10.6 Å². The molecule has 0 atom stereocenters. The Balaban J connectivity index is 2.87. The summed E-state index contributed by atoms with van der Waals surface area (Å²) in [6.45, 7) is 1.94. The number of carbonyl (C=O) groups excluding carboxylic acids is 1. The van der Waals surface area contributed by atoms with Crippen molar-refractivity contribution in [2.24, 2.45) is 0 Å². The highest BCUT2D eigenvalue weighted by molar-refractivity contribution is 9.10. The molecule has 0 aliphatic rings. The van der Waals surface area contributed by atoms with Crippen LogP contribution >= 0.6 is 15.9 Å². The molecule has 0 aliphatic carbocycles. The molecular weight excluding hydrogens is 232 g/mol. The van der Waals surface area contributed by atoms with Crippen LogP contribution in [-0.4, -0.2) is 13.1 Å². The maximum Gasteiger partial charge on any atom is 0.318 e. The minimum Gasteiger partial charge on any atom is -0.341 e. The Kier molecular flexibility index (Phi) is 3.31. The maximum absolute atomic E-state index is 11.0. The molecule has 0 bridgehead atoms. The molecule has 4 heteroatoms. The summed E-state index contributed by atoms with van der Waals surface area (Å²) in [6.07, 6.45) is 0. The lowest BCUT2D eigenvalue weighted by molar-refractivity contribution is 0.254. The smallest absolute Gasteiger partial charge is 0.318 e. The van der Waals surface area contributed by atoms with Gasteiger partial charge in [-0.05, 0) is 24.6 Å². The first-order chi connectivity index (χ1) is 6.13. The largest absolute Gasteiger partial charge is 0.341 e. The van der Waals surface area contributed by atoms with E-state index in [2.05, 4.69) is 26.6 Å². The number of hydrogen-bond donors (Lipinski definition) is 2. The molecule has 70 valence electrons. The molecule has 0 unspecified atom stereocenters. The Morgan fingerprint density at radius 1 is 1.46 bits per heavy atom. The van der Waals surface area contributed by atoms with Crippen molar-refractivity contribution in [3.05, 3.63) is 28.2 Å². The Hall–Kier alpha value is -1.03. The first kappa shape index (κ1) is 10.1. The first-order valence-corrected chi connectivity index (χ1v) is 4.67. The number of nitrogens with one attached hydrogen (secondary N) is 2. The number of hydrogen-bond acceptors (Lipinski definition) is 1. The Bertz CT molecular complexity index is 325. The van der Waals surface area contributed by atoms with Crippen LogP contribution in [0.2, 0.25) is 0 Å². The molecule has 0 spiro atoms. The molecule has 3 nitrogen and oxygen atoms in total. The molecule has 0 aliphatic heterocycles. The summed E-state index contributed by atoms with van der Waals surface area (Å²) < 4.78 is 0.949. The van der Waals surface area contributed by atoms with Crippen LogP contribution in [0.3, 0.4) is 0 Å². The van der Waals surface area contributed by atoms with Gasteiger partial charge in [0.1, 0.15) is 0 Å². The highest BCUT2D eigenvalue weighted by Gasteiger charge is 2.01. The van der Waals surface area contributed by atoms with Crippen LogP contribution in [0, 0.1) is 6.92 Å². The third-order valence-corrected chi connectivity index (χ3v) is 2.17. The van der Waals surface area contributed by atoms with Gasteiger partial charge >= 0.3 is 6.03 Å². The first-order valence-electron chi connectivity index (χ1n) is 3.88. The van der Waals surface area contributed by atoms with E-state index in [1.165, 1.54) is 0 Å². The molecule has 2 amide bonds. The van der Waals surface area contributed by atoms with Crippen LogP contribution in [-0.2, 0) is 0 Å². The molecule has 0 saturated carbocycles. The van der Waals surface area contributed by atoms with Crippen LogP contribution in [0.4, 0.5) is 10.5 Å². The van der Waals surface area contributed by atoms with E-state index in [4.69, 9.17) is 0 Å². The van der Waals surface area contributed by atoms with Crippen LogP contribution in [0.1, 0.15) is 5.56 Å². The molecule has 1 rings (SSSR count). The molecule has 13 heavy (non-hydrogen) atoms. The quantitative estimate of drug-likeness (QED) is 0.781. The van der Waals surface area contributed by atoms with Crippen LogP contribution in [0.15, 0.2) is 22.7 Å². The fourth-order valence-corrected chi connectivity index (χ4v) is 1.27. The van der Waals surface area contributed by atoms with E-state index in [1.54, 1.807) is 7.05 Å². The van der Waals surface area contributed by atoms with Gasteiger partial charge in [0.15, 0.2) is 0 Å². The van der Waals surface area contributed by atoms with Gasteiger partial charge in [-0.2, -0.15) is 0 Å². The number of rotatable bonds is 1. The third-order valence-electron chi connectivity index (χ3n) is 1.67. The fraction of sp³-hybridized carbons (Fsp3) is 0.222. The van der Waals surface area contributed by atoms with Crippen molar-refractivity contribution in [3.8, 4) is 0 Å². The normalized spacial score (nSPS) is 9.46. The lowest BCUT2D eigenvalue weighted by atomic mass is 10.2. The molecule has 0 fully saturated rings. The maximum atomic E-state index is 11.0. The van der Waals surface area contributed by atoms with Gasteiger partial charge in [-0.15, -0.1) is 0 Å². The molecule has 0 radical (unpaired) electrons. The molecule has 0 heterocycles. The Labute approximate surface area is 85.7 Å². The van der Waals surface area contributed by atoms with Crippen LogP contribution in [0.5, 0.6) is 0 Å². The van der Waals surface area contributed by atoms with Crippen molar-refractivity contribution < 1.29 is 4.79 Å². The second kappa shape index (κ2) is 4.28. The van der Waals surface area contributed by atoms with Gasteiger partial charge in [-0.25, -0.2) is 4.79 Å². The fourth-order valence-electron chi connectivity index (χ4n) is 0.914. The zero-order valence-electron chi connectivity index (χ0n) is 7.52. The van der Waals surface area contributed by atoms with Gasteiger partial charge in [0.2, 0.25) is 0 Å². The van der Waals surface area contributed by atoms with Gasteiger partial charge in [0.25, 0.3) is 0 Å². The summed E-state index contributed by atoms with van der Waals surface area (Å²) in [4.78, 5) is 11.0. The van der Waals surface area contributed by atoms with Gasteiger partial charge < -0.3 is 10.6 Å². The molecule has 1 aromatic rings. The monoisotopic (exact) mass is 242 g/mol. The minimum absolute atomic E-state index is 0.207. The van der Waals surface area contributed by atoms with Crippen molar-refractivity contribution in [3.63, 3.8) is 0 Å². The minimum atomic E-state index is -0.207. The van der Waals surface area contributed by atoms with E-state index in [9.17, 15) is 4.79 Å². The zero-order chi connectivity index (χ0) is 9.84. The van der Waals surface area contributed by atoms with E-state index in [1.807, 2.05) is 25.1 Å². The SMILES string of the molecule is CNC(=O)Nc1cc(Br)ccc1C. The Morgan fingerprint density at radius 3 is 2.77 bits per heavy atom. The summed E-state index contributed by atoms with van der Waals surface area (Å²) in [5, 5.41) is 5.22. The molecular formula is C9H11BrN2O. The molecule has 0 saturated heterocycles. The van der Waals surface area contributed by atoms with E-state index >= 15 is 0 Å². The average Bonchev–Trinajstić information content (AvgIpc) is 2.11. The van der Waals surface area contributed by atoms with Gasteiger partial charge in [-0.3, -0.25) is 0 Å². The summed E-state index contributed by atoms with van der Waals surface area (Å²) in [5.41, 5.74) is 1.85. The second-order valence-corrected chi connectivity index (χ2v) is 3.58. The number of amides is 2. The third kappa shape index (κ3) is 2.73. The predicted molar refractivity (Wildman–Crippen MR) is 57.0 cm³/mol. The van der Waals surface area contributed by atoms with E-state index in [0.717, 1.165) is 15.7 Å². The van der Waals surface area contributed by atoms with Crippen molar-refractivity contribution in [2.45, 2.75) is 6.92 Å².